The van der Waals surface area contributed by atoms with Crippen LogP contribution in [0.15, 0.2) is 42.5 Å². The Kier molecular flexibility index (Phi) is 5.38. The van der Waals surface area contributed by atoms with Crippen LogP contribution in [0.2, 0.25) is 0 Å². The maximum Gasteiger partial charge on any atom is 0.416 e. The van der Waals surface area contributed by atoms with Crippen molar-refractivity contribution in [2.24, 2.45) is 0 Å². The second-order valence-electron chi connectivity index (χ2n) is 5.37. The van der Waals surface area contributed by atoms with Crippen molar-refractivity contribution in [2.75, 3.05) is 5.32 Å². The van der Waals surface area contributed by atoms with Gasteiger partial charge < -0.3 is 15.5 Å². The zero-order valence-corrected chi connectivity index (χ0v) is 13.2. The number of rotatable bonds is 3. The van der Waals surface area contributed by atoms with Gasteiger partial charge in [-0.15, -0.1) is 0 Å². The second-order valence-corrected chi connectivity index (χ2v) is 5.37. The molecule has 0 fully saturated rings. The summed E-state index contributed by atoms with van der Waals surface area (Å²) in [5.41, 5.74) is -3.53. The normalized spacial score (nSPS) is 12.4. The highest BCUT2D eigenvalue weighted by Crippen LogP contribution is 2.37. The fourth-order valence-electron chi connectivity index (χ4n) is 2.03. The smallest absolute Gasteiger partial charge is 0.416 e. The van der Waals surface area contributed by atoms with Gasteiger partial charge in [0.15, 0.2) is 11.5 Å². The summed E-state index contributed by atoms with van der Waals surface area (Å²) in [6.45, 7) is 0. The number of nitrogens with one attached hydrogen (secondary N) is 1. The first-order valence-electron chi connectivity index (χ1n) is 7.17. The van der Waals surface area contributed by atoms with Crippen LogP contribution in [-0.4, -0.2) is 16.1 Å². The van der Waals surface area contributed by atoms with Crippen molar-refractivity contribution in [1.82, 2.24) is 0 Å². The Morgan fingerprint density at radius 2 is 1.41 bits per heavy atom. The first-order chi connectivity index (χ1) is 12.4. The van der Waals surface area contributed by atoms with Crippen LogP contribution in [0.5, 0.6) is 11.5 Å². The SMILES string of the molecule is O=C(/C=C/c1ccc(O)c(O)c1)Nc1cc(C(F)(F)F)cc(C(F)(F)F)c1. The Morgan fingerprint density at radius 3 is 1.89 bits per heavy atom. The van der Waals surface area contributed by atoms with E-state index in [9.17, 15) is 36.2 Å². The molecule has 0 aliphatic rings. The van der Waals surface area contributed by atoms with E-state index in [0.29, 0.717) is 12.1 Å². The molecular formula is C17H11F6NO3. The van der Waals surface area contributed by atoms with E-state index < -0.39 is 46.6 Å². The summed E-state index contributed by atoms with van der Waals surface area (Å²) in [6.07, 6.45) is -8.06. The minimum absolute atomic E-state index is 0.0509. The van der Waals surface area contributed by atoms with Gasteiger partial charge in [-0.1, -0.05) is 6.07 Å². The molecular weight excluding hydrogens is 380 g/mol. The predicted molar refractivity (Wildman–Crippen MR) is 83.9 cm³/mol. The number of hydrogen-bond acceptors (Lipinski definition) is 3. The fourth-order valence-corrected chi connectivity index (χ4v) is 2.03. The molecule has 1 amide bonds. The Balaban J connectivity index is 2.26. The maximum atomic E-state index is 12.8. The number of benzene rings is 2. The van der Waals surface area contributed by atoms with E-state index in [1.807, 2.05) is 5.32 Å². The van der Waals surface area contributed by atoms with Crippen LogP contribution in [0.4, 0.5) is 32.0 Å². The van der Waals surface area contributed by atoms with Crippen molar-refractivity contribution in [2.45, 2.75) is 12.4 Å². The van der Waals surface area contributed by atoms with Crippen molar-refractivity contribution in [1.29, 1.82) is 0 Å². The first kappa shape index (κ1) is 20.1. The van der Waals surface area contributed by atoms with Crippen molar-refractivity contribution in [3.63, 3.8) is 0 Å². The number of hydrogen-bond donors (Lipinski definition) is 3. The number of carbonyl (C=O) groups is 1. The minimum atomic E-state index is -5.03. The molecule has 0 spiro atoms. The Labute approximate surface area is 148 Å². The Bertz CT molecular complexity index is 855. The number of anilines is 1. The molecule has 0 atom stereocenters. The largest absolute Gasteiger partial charge is 0.504 e. The summed E-state index contributed by atoms with van der Waals surface area (Å²) in [5.74, 6) is -1.86. The van der Waals surface area contributed by atoms with Crippen LogP contribution < -0.4 is 5.32 Å². The van der Waals surface area contributed by atoms with Crippen molar-refractivity contribution in [3.05, 3.63) is 59.2 Å². The summed E-state index contributed by atoms with van der Waals surface area (Å²) >= 11 is 0. The van der Waals surface area contributed by atoms with E-state index in [2.05, 4.69) is 0 Å². The molecule has 10 heteroatoms. The lowest BCUT2D eigenvalue weighted by molar-refractivity contribution is -0.143. The number of alkyl halides is 6. The van der Waals surface area contributed by atoms with Gasteiger partial charge in [0.25, 0.3) is 0 Å². The minimum Gasteiger partial charge on any atom is -0.504 e. The summed E-state index contributed by atoms with van der Waals surface area (Å²) in [4.78, 5) is 11.8. The van der Waals surface area contributed by atoms with Gasteiger partial charge in [0, 0.05) is 11.8 Å². The fraction of sp³-hybridized carbons (Fsp3) is 0.118. The van der Waals surface area contributed by atoms with E-state index in [0.717, 1.165) is 24.3 Å². The zero-order chi connectivity index (χ0) is 20.4. The van der Waals surface area contributed by atoms with Crippen molar-refractivity contribution < 1.29 is 41.4 Å². The third-order valence-corrected chi connectivity index (χ3v) is 3.28. The molecule has 0 aliphatic heterocycles. The molecule has 4 nitrogen and oxygen atoms in total. The zero-order valence-electron chi connectivity index (χ0n) is 13.2. The number of phenolic OH excluding ortho intramolecular Hbond substituents is 2. The Morgan fingerprint density at radius 1 is 0.852 bits per heavy atom. The maximum absolute atomic E-state index is 12.8. The highest BCUT2D eigenvalue weighted by atomic mass is 19.4. The number of halogens is 6. The molecule has 0 aliphatic carbocycles. The molecule has 2 aromatic carbocycles. The molecule has 144 valence electrons. The van der Waals surface area contributed by atoms with Gasteiger partial charge in [-0.2, -0.15) is 26.3 Å². The summed E-state index contributed by atoms with van der Waals surface area (Å²) < 4.78 is 76.7. The highest BCUT2D eigenvalue weighted by molar-refractivity contribution is 6.02. The topological polar surface area (TPSA) is 69.6 Å². The quantitative estimate of drug-likeness (QED) is 0.400. The number of phenols is 2. The summed E-state index contributed by atoms with van der Waals surface area (Å²) in [6, 6.07) is 4.27. The van der Waals surface area contributed by atoms with Crippen molar-refractivity contribution in [3.8, 4) is 11.5 Å². The van der Waals surface area contributed by atoms with E-state index >= 15 is 0 Å². The monoisotopic (exact) mass is 391 g/mol. The van der Waals surface area contributed by atoms with Gasteiger partial charge in [-0.05, 0) is 42.0 Å². The van der Waals surface area contributed by atoms with Gasteiger partial charge in [0.1, 0.15) is 0 Å². The Hall–Kier alpha value is -3.17. The van der Waals surface area contributed by atoms with Crippen LogP contribution in [0.1, 0.15) is 16.7 Å². The van der Waals surface area contributed by atoms with Gasteiger partial charge in [0.2, 0.25) is 5.91 Å². The third-order valence-electron chi connectivity index (χ3n) is 3.28. The highest BCUT2D eigenvalue weighted by Gasteiger charge is 2.37. The summed E-state index contributed by atoms with van der Waals surface area (Å²) in [7, 11) is 0. The predicted octanol–water partition coefficient (Wildman–Crippen LogP) is 4.79. The summed E-state index contributed by atoms with van der Waals surface area (Å²) in [5, 5.41) is 20.4. The molecule has 2 aromatic rings. The van der Waals surface area contributed by atoms with Gasteiger partial charge >= 0.3 is 12.4 Å². The molecule has 0 unspecified atom stereocenters. The van der Waals surface area contributed by atoms with Crippen LogP contribution in [-0.2, 0) is 17.1 Å². The van der Waals surface area contributed by atoms with Crippen molar-refractivity contribution >= 4 is 17.7 Å². The molecule has 0 aromatic heterocycles. The van der Waals surface area contributed by atoms with Gasteiger partial charge in [-0.25, -0.2) is 0 Å². The first-order valence-corrected chi connectivity index (χ1v) is 7.17. The number of carbonyl (C=O) groups excluding carboxylic acids is 1. The average Bonchev–Trinajstić information content (AvgIpc) is 2.54. The van der Waals surface area contributed by atoms with E-state index in [-0.39, 0.29) is 11.6 Å². The lowest BCUT2D eigenvalue weighted by Crippen LogP contribution is -2.14. The van der Waals surface area contributed by atoms with E-state index in [1.165, 1.54) is 6.07 Å². The van der Waals surface area contributed by atoms with E-state index in [1.54, 1.807) is 0 Å². The number of amides is 1. The molecule has 0 saturated heterocycles. The third kappa shape index (κ3) is 5.40. The lowest BCUT2D eigenvalue weighted by atomic mass is 10.1. The molecule has 0 heterocycles. The second kappa shape index (κ2) is 7.22. The lowest BCUT2D eigenvalue weighted by Gasteiger charge is -2.14. The molecule has 0 saturated carbocycles. The van der Waals surface area contributed by atoms with Gasteiger partial charge in [-0.3, -0.25) is 4.79 Å². The molecule has 0 radical (unpaired) electrons. The van der Waals surface area contributed by atoms with Crippen LogP contribution in [0.25, 0.3) is 6.08 Å². The van der Waals surface area contributed by atoms with E-state index in [4.69, 9.17) is 5.11 Å². The standard InChI is InChI=1S/C17H11F6NO3/c18-16(19,20)10-6-11(17(21,22)23)8-12(7-10)24-15(27)4-2-9-1-3-13(25)14(26)5-9/h1-8,25-26H,(H,24,27)/b4-2+. The molecule has 0 bridgehead atoms. The molecule has 3 N–H and O–H groups in total. The molecule has 27 heavy (non-hydrogen) atoms. The van der Waals surface area contributed by atoms with Crippen LogP contribution in [0, 0.1) is 0 Å². The van der Waals surface area contributed by atoms with Gasteiger partial charge in [0.05, 0.1) is 11.1 Å². The van der Waals surface area contributed by atoms with Crippen LogP contribution >= 0.6 is 0 Å². The molecule has 2 rings (SSSR count). The average molecular weight is 391 g/mol. The number of aromatic hydroxyl groups is 2. The van der Waals surface area contributed by atoms with Crippen LogP contribution in [0.3, 0.4) is 0 Å².